The number of nitrogens with two attached hydrogens (primary N) is 1. The summed E-state index contributed by atoms with van der Waals surface area (Å²) in [4.78, 5) is 4.29. The maximum absolute atomic E-state index is 5.43. The lowest BCUT2D eigenvalue weighted by molar-refractivity contribution is 0.380. The van der Waals surface area contributed by atoms with Gasteiger partial charge in [-0.3, -0.25) is 0 Å². The maximum Gasteiger partial charge on any atom is 0.228 e. The van der Waals surface area contributed by atoms with Crippen LogP contribution < -0.4 is 5.73 Å². The molecule has 4 nitrogen and oxygen atoms in total. The number of benzene rings is 1. The Morgan fingerprint density at radius 1 is 1.19 bits per heavy atom. The lowest BCUT2D eigenvalue weighted by atomic mass is 10.1. The summed E-state index contributed by atoms with van der Waals surface area (Å²) in [5.41, 5.74) is 8.81. The molecule has 16 heavy (non-hydrogen) atoms. The van der Waals surface area contributed by atoms with Gasteiger partial charge in [-0.15, -0.1) is 0 Å². The Labute approximate surface area is 94.5 Å². The van der Waals surface area contributed by atoms with E-state index in [4.69, 9.17) is 10.3 Å². The molecular weight excluding hydrogens is 202 g/mol. The van der Waals surface area contributed by atoms with Gasteiger partial charge in [-0.05, 0) is 26.0 Å². The molecule has 0 bridgehead atoms. The van der Waals surface area contributed by atoms with Gasteiger partial charge in [0.1, 0.15) is 0 Å². The highest BCUT2D eigenvalue weighted by Crippen LogP contribution is 2.19. The van der Waals surface area contributed by atoms with Crippen LogP contribution in [0.2, 0.25) is 0 Å². The highest BCUT2D eigenvalue weighted by atomic mass is 16.5. The number of aromatic nitrogens is 2. The Kier molecular flexibility index (Phi) is 3.01. The molecule has 0 unspecified atom stereocenters. The Morgan fingerprint density at radius 2 is 1.88 bits per heavy atom. The molecule has 0 aliphatic carbocycles. The van der Waals surface area contributed by atoms with Crippen LogP contribution in [0.3, 0.4) is 0 Å². The molecule has 0 aliphatic heterocycles. The van der Waals surface area contributed by atoms with Gasteiger partial charge in [0.25, 0.3) is 0 Å². The van der Waals surface area contributed by atoms with Crippen LogP contribution in [0.4, 0.5) is 0 Å². The minimum Gasteiger partial charge on any atom is -0.339 e. The minimum atomic E-state index is 0.522. The Morgan fingerprint density at radius 3 is 2.50 bits per heavy atom. The van der Waals surface area contributed by atoms with E-state index in [-0.39, 0.29) is 0 Å². The van der Waals surface area contributed by atoms with Crippen LogP contribution in [0.25, 0.3) is 11.4 Å². The van der Waals surface area contributed by atoms with Gasteiger partial charge < -0.3 is 10.3 Å². The van der Waals surface area contributed by atoms with Crippen molar-refractivity contribution in [2.45, 2.75) is 20.3 Å². The molecule has 4 heteroatoms. The first-order valence-corrected chi connectivity index (χ1v) is 5.30. The van der Waals surface area contributed by atoms with Crippen LogP contribution in [0.5, 0.6) is 0 Å². The van der Waals surface area contributed by atoms with Crippen LogP contribution in [-0.4, -0.2) is 16.7 Å². The first-order chi connectivity index (χ1) is 7.69. The first-order valence-electron chi connectivity index (χ1n) is 5.30. The van der Waals surface area contributed by atoms with Gasteiger partial charge in [0.2, 0.25) is 11.7 Å². The molecule has 2 N–H and O–H groups in total. The number of nitrogens with zero attached hydrogens (tertiary/aromatic N) is 2. The zero-order valence-electron chi connectivity index (χ0n) is 9.53. The van der Waals surface area contributed by atoms with Crippen molar-refractivity contribution in [2.24, 2.45) is 5.73 Å². The van der Waals surface area contributed by atoms with Gasteiger partial charge in [0.15, 0.2) is 0 Å². The van der Waals surface area contributed by atoms with Gasteiger partial charge in [0, 0.05) is 18.5 Å². The second-order valence-corrected chi connectivity index (χ2v) is 3.93. The van der Waals surface area contributed by atoms with Crippen molar-refractivity contribution in [3.63, 3.8) is 0 Å². The summed E-state index contributed by atoms with van der Waals surface area (Å²) in [6.07, 6.45) is 0.623. The molecular formula is C12H15N3O. The average molecular weight is 217 g/mol. The summed E-state index contributed by atoms with van der Waals surface area (Å²) in [5.74, 6) is 1.23. The molecule has 0 saturated heterocycles. The van der Waals surface area contributed by atoms with Gasteiger partial charge in [-0.2, -0.15) is 4.98 Å². The fraction of sp³-hybridized carbons (Fsp3) is 0.333. The molecule has 2 rings (SSSR count). The Balaban J connectivity index is 2.34. The third-order valence-corrected chi connectivity index (χ3v) is 2.31. The zero-order chi connectivity index (χ0) is 11.5. The van der Waals surface area contributed by atoms with Crippen LogP contribution >= 0.6 is 0 Å². The quantitative estimate of drug-likeness (QED) is 0.852. The van der Waals surface area contributed by atoms with Crippen molar-refractivity contribution >= 4 is 0 Å². The molecule has 0 saturated carbocycles. The van der Waals surface area contributed by atoms with E-state index in [1.807, 2.05) is 12.1 Å². The van der Waals surface area contributed by atoms with E-state index in [0.29, 0.717) is 24.7 Å². The fourth-order valence-electron chi connectivity index (χ4n) is 1.70. The molecule has 1 aromatic carbocycles. The van der Waals surface area contributed by atoms with Gasteiger partial charge in [0.05, 0.1) is 0 Å². The van der Waals surface area contributed by atoms with Crippen molar-refractivity contribution < 1.29 is 4.52 Å². The van der Waals surface area contributed by atoms with E-state index >= 15 is 0 Å². The number of rotatable bonds is 3. The first kappa shape index (κ1) is 10.8. The number of aryl methyl sites for hydroxylation is 2. The van der Waals surface area contributed by atoms with E-state index < -0.39 is 0 Å². The molecule has 0 amide bonds. The second kappa shape index (κ2) is 4.45. The lowest BCUT2D eigenvalue weighted by Crippen LogP contribution is -2.02. The largest absolute Gasteiger partial charge is 0.339 e. The highest BCUT2D eigenvalue weighted by Gasteiger charge is 2.08. The fourth-order valence-corrected chi connectivity index (χ4v) is 1.70. The topological polar surface area (TPSA) is 64.9 Å². The Hall–Kier alpha value is -1.68. The standard InChI is InChI=1S/C12H15N3O/c1-8-5-9(2)7-10(6-8)12-14-11(3-4-13)16-15-12/h5-7H,3-4,13H2,1-2H3. The molecule has 0 spiro atoms. The van der Waals surface area contributed by atoms with E-state index in [2.05, 4.69) is 30.1 Å². The molecule has 0 radical (unpaired) electrons. The normalized spacial score (nSPS) is 10.7. The smallest absolute Gasteiger partial charge is 0.228 e. The highest BCUT2D eigenvalue weighted by molar-refractivity contribution is 5.56. The lowest BCUT2D eigenvalue weighted by Gasteiger charge is -1.99. The van der Waals surface area contributed by atoms with Gasteiger partial charge >= 0.3 is 0 Å². The van der Waals surface area contributed by atoms with Gasteiger partial charge in [-0.1, -0.05) is 22.3 Å². The van der Waals surface area contributed by atoms with Crippen molar-refractivity contribution in [1.29, 1.82) is 0 Å². The predicted molar refractivity (Wildman–Crippen MR) is 62.0 cm³/mol. The van der Waals surface area contributed by atoms with Crippen molar-refractivity contribution in [3.05, 3.63) is 35.2 Å². The molecule has 0 atom stereocenters. The number of hydrogen-bond donors (Lipinski definition) is 1. The van der Waals surface area contributed by atoms with E-state index in [9.17, 15) is 0 Å². The van der Waals surface area contributed by atoms with Crippen molar-refractivity contribution in [2.75, 3.05) is 6.54 Å². The predicted octanol–water partition coefficient (Wildman–Crippen LogP) is 1.85. The van der Waals surface area contributed by atoms with Gasteiger partial charge in [-0.25, -0.2) is 0 Å². The molecule has 2 aromatic rings. The van der Waals surface area contributed by atoms with Crippen molar-refractivity contribution in [3.8, 4) is 11.4 Å². The SMILES string of the molecule is Cc1cc(C)cc(-c2noc(CCN)n2)c1. The summed E-state index contributed by atoms with van der Waals surface area (Å²) in [5, 5.41) is 3.95. The summed E-state index contributed by atoms with van der Waals surface area (Å²) < 4.78 is 5.10. The molecule has 1 heterocycles. The maximum atomic E-state index is 5.43. The summed E-state index contributed by atoms with van der Waals surface area (Å²) in [7, 11) is 0. The Bertz CT molecular complexity index is 471. The third-order valence-electron chi connectivity index (χ3n) is 2.31. The van der Waals surface area contributed by atoms with Crippen LogP contribution in [0.15, 0.2) is 22.7 Å². The molecule has 84 valence electrons. The zero-order valence-corrected chi connectivity index (χ0v) is 9.53. The van der Waals surface area contributed by atoms with Crippen LogP contribution in [0.1, 0.15) is 17.0 Å². The van der Waals surface area contributed by atoms with Crippen molar-refractivity contribution in [1.82, 2.24) is 10.1 Å². The van der Waals surface area contributed by atoms with Crippen LogP contribution in [0, 0.1) is 13.8 Å². The monoisotopic (exact) mass is 217 g/mol. The summed E-state index contributed by atoms with van der Waals surface area (Å²) in [6, 6.07) is 6.21. The van der Waals surface area contributed by atoms with E-state index in [1.165, 1.54) is 11.1 Å². The minimum absolute atomic E-state index is 0.522. The number of hydrogen-bond acceptors (Lipinski definition) is 4. The molecule has 0 aliphatic rings. The second-order valence-electron chi connectivity index (χ2n) is 3.93. The van der Waals surface area contributed by atoms with E-state index in [1.54, 1.807) is 0 Å². The summed E-state index contributed by atoms with van der Waals surface area (Å²) in [6.45, 7) is 4.63. The van der Waals surface area contributed by atoms with E-state index in [0.717, 1.165) is 5.56 Å². The molecule has 0 fully saturated rings. The van der Waals surface area contributed by atoms with Crippen LogP contribution in [-0.2, 0) is 6.42 Å². The molecule has 1 aromatic heterocycles. The average Bonchev–Trinajstić information content (AvgIpc) is 2.65. The summed E-state index contributed by atoms with van der Waals surface area (Å²) >= 11 is 0. The third kappa shape index (κ3) is 2.28.